The van der Waals surface area contributed by atoms with Crippen molar-refractivity contribution < 1.29 is 4.74 Å². The van der Waals surface area contributed by atoms with Crippen molar-refractivity contribution >= 4 is 33.5 Å². The first-order valence-corrected chi connectivity index (χ1v) is 8.70. The third-order valence-electron chi connectivity index (χ3n) is 4.11. The summed E-state index contributed by atoms with van der Waals surface area (Å²) in [5.41, 5.74) is 5.68. The minimum atomic E-state index is 0.846. The van der Waals surface area contributed by atoms with E-state index >= 15 is 0 Å². The van der Waals surface area contributed by atoms with Gasteiger partial charge in [-0.05, 0) is 70.1 Å². The highest BCUT2D eigenvalue weighted by molar-refractivity contribution is 14.1. The Balaban J connectivity index is 2.02. The lowest BCUT2D eigenvalue weighted by atomic mass is 9.99. The van der Waals surface area contributed by atoms with Gasteiger partial charge in [0.1, 0.15) is 5.75 Å². The van der Waals surface area contributed by atoms with Gasteiger partial charge in [-0.3, -0.25) is 4.98 Å². The van der Waals surface area contributed by atoms with Crippen LogP contribution < -0.4 is 4.74 Å². The van der Waals surface area contributed by atoms with Crippen LogP contribution in [0.15, 0.2) is 67.0 Å². The van der Waals surface area contributed by atoms with Gasteiger partial charge in [0.05, 0.1) is 18.3 Å². The number of hydrogen-bond donors (Lipinski definition) is 1. The van der Waals surface area contributed by atoms with Gasteiger partial charge >= 0.3 is 0 Å². The number of benzene rings is 2. The van der Waals surface area contributed by atoms with Crippen LogP contribution in [0.5, 0.6) is 5.75 Å². The standard InChI is InChI=1S/C20H15IN2O/c1-24-16-6-7-17-18(12-16)23-20(14-2-4-15(21)5-3-14)19(17)13-8-10-22-11-9-13/h2-12,23H,1H3. The van der Waals surface area contributed by atoms with Crippen molar-refractivity contribution in [3.63, 3.8) is 0 Å². The van der Waals surface area contributed by atoms with E-state index in [-0.39, 0.29) is 0 Å². The van der Waals surface area contributed by atoms with Gasteiger partial charge in [-0.1, -0.05) is 12.1 Å². The molecule has 0 saturated heterocycles. The quantitative estimate of drug-likeness (QED) is 0.439. The number of pyridine rings is 1. The topological polar surface area (TPSA) is 37.9 Å². The highest BCUT2D eigenvalue weighted by Gasteiger charge is 2.15. The Kier molecular flexibility index (Phi) is 3.98. The molecule has 0 fully saturated rings. The summed E-state index contributed by atoms with van der Waals surface area (Å²) in [6.45, 7) is 0. The van der Waals surface area contributed by atoms with E-state index in [4.69, 9.17) is 4.74 Å². The molecule has 4 rings (SSSR count). The number of fused-ring (bicyclic) bond motifs is 1. The van der Waals surface area contributed by atoms with E-state index in [0.717, 1.165) is 28.1 Å². The van der Waals surface area contributed by atoms with Gasteiger partial charge in [-0.25, -0.2) is 0 Å². The van der Waals surface area contributed by atoms with Gasteiger partial charge < -0.3 is 9.72 Å². The Morgan fingerprint density at radius 1 is 0.917 bits per heavy atom. The van der Waals surface area contributed by atoms with Crippen molar-refractivity contribution in [2.45, 2.75) is 0 Å². The molecule has 0 saturated carbocycles. The summed E-state index contributed by atoms with van der Waals surface area (Å²) in [5.74, 6) is 0.846. The molecule has 24 heavy (non-hydrogen) atoms. The van der Waals surface area contributed by atoms with Crippen molar-refractivity contribution in [2.24, 2.45) is 0 Å². The molecule has 3 nitrogen and oxygen atoms in total. The SMILES string of the molecule is COc1ccc2c(-c3ccncc3)c(-c3ccc(I)cc3)[nH]c2c1. The number of nitrogens with zero attached hydrogens (tertiary/aromatic N) is 1. The van der Waals surface area contributed by atoms with Crippen molar-refractivity contribution in [3.8, 4) is 28.1 Å². The summed E-state index contributed by atoms with van der Waals surface area (Å²) < 4.78 is 6.59. The predicted octanol–water partition coefficient (Wildman–Crippen LogP) is 5.51. The highest BCUT2D eigenvalue weighted by Crippen LogP contribution is 2.39. The van der Waals surface area contributed by atoms with Crippen LogP contribution >= 0.6 is 22.6 Å². The van der Waals surface area contributed by atoms with Crippen molar-refractivity contribution in [2.75, 3.05) is 7.11 Å². The number of ether oxygens (including phenoxy) is 1. The fraction of sp³-hybridized carbons (Fsp3) is 0.0500. The number of H-pyrrole nitrogens is 1. The maximum Gasteiger partial charge on any atom is 0.120 e. The van der Waals surface area contributed by atoms with Gasteiger partial charge in [0, 0.05) is 33.0 Å². The van der Waals surface area contributed by atoms with Crippen LogP contribution in [0, 0.1) is 3.57 Å². The van der Waals surface area contributed by atoms with Crippen molar-refractivity contribution in [3.05, 3.63) is 70.6 Å². The second-order valence-electron chi connectivity index (χ2n) is 5.53. The molecule has 4 aromatic rings. The Labute approximate surface area is 153 Å². The van der Waals surface area contributed by atoms with E-state index in [2.05, 4.69) is 62.9 Å². The third-order valence-corrected chi connectivity index (χ3v) is 4.83. The minimum absolute atomic E-state index is 0.846. The minimum Gasteiger partial charge on any atom is -0.497 e. The monoisotopic (exact) mass is 426 g/mol. The number of halogens is 1. The summed E-state index contributed by atoms with van der Waals surface area (Å²) in [5, 5.41) is 1.18. The summed E-state index contributed by atoms with van der Waals surface area (Å²) in [6.07, 6.45) is 3.66. The molecule has 0 bridgehead atoms. The molecule has 2 aromatic carbocycles. The average Bonchev–Trinajstić information content (AvgIpc) is 3.01. The zero-order chi connectivity index (χ0) is 16.5. The number of rotatable bonds is 3. The zero-order valence-corrected chi connectivity index (χ0v) is 15.2. The molecule has 0 atom stereocenters. The molecule has 2 aromatic heterocycles. The normalized spacial score (nSPS) is 10.9. The summed E-state index contributed by atoms with van der Waals surface area (Å²) in [7, 11) is 1.69. The van der Waals surface area contributed by atoms with Gasteiger partial charge in [-0.15, -0.1) is 0 Å². The molecule has 2 heterocycles. The second-order valence-corrected chi connectivity index (χ2v) is 6.77. The van der Waals surface area contributed by atoms with Gasteiger partial charge in [0.25, 0.3) is 0 Å². The summed E-state index contributed by atoms with van der Waals surface area (Å²) in [4.78, 5) is 7.72. The molecular formula is C20H15IN2O. The highest BCUT2D eigenvalue weighted by atomic mass is 127. The third kappa shape index (κ3) is 2.67. The molecule has 0 aliphatic rings. The summed E-state index contributed by atoms with van der Waals surface area (Å²) in [6, 6.07) is 18.8. The molecule has 0 radical (unpaired) electrons. The van der Waals surface area contributed by atoms with Crippen LogP contribution in [0.4, 0.5) is 0 Å². The maximum atomic E-state index is 5.37. The van der Waals surface area contributed by atoms with Gasteiger partial charge in [-0.2, -0.15) is 0 Å². The fourth-order valence-corrected chi connectivity index (χ4v) is 3.31. The first-order valence-electron chi connectivity index (χ1n) is 7.62. The zero-order valence-electron chi connectivity index (χ0n) is 13.1. The molecule has 1 N–H and O–H groups in total. The molecular weight excluding hydrogens is 411 g/mol. The van der Waals surface area contributed by atoms with Crippen LogP contribution in [0.3, 0.4) is 0 Å². The van der Waals surface area contributed by atoms with E-state index in [1.54, 1.807) is 7.11 Å². The number of hydrogen-bond acceptors (Lipinski definition) is 2. The smallest absolute Gasteiger partial charge is 0.120 e. The lowest BCUT2D eigenvalue weighted by Crippen LogP contribution is -1.84. The molecule has 4 heteroatoms. The van der Waals surface area contributed by atoms with Gasteiger partial charge in [0.15, 0.2) is 0 Å². The van der Waals surface area contributed by atoms with E-state index in [0.29, 0.717) is 0 Å². The lowest BCUT2D eigenvalue weighted by Gasteiger charge is -2.06. The van der Waals surface area contributed by atoms with E-state index in [9.17, 15) is 0 Å². The predicted molar refractivity (Wildman–Crippen MR) is 106 cm³/mol. The summed E-state index contributed by atoms with van der Waals surface area (Å²) >= 11 is 2.32. The van der Waals surface area contributed by atoms with Crippen LogP contribution in [0.25, 0.3) is 33.3 Å². The van der Waals surface area contributed by atoms with E-state index < -0.39 is 0 Å². The number of aromatic amines is 1. The van der Waals surface area contributed by atoms with Crippen LogP contribution in [-0.4, -0.2) is 17.1 Å². The molecule has 0 spiro atoms. The first kappa shape index (κ1) is 15.2. The number of nitrogens with one attached hydrogen (secondary N) is 1. The van der Waals surface area contributed by atoms with Crippen LogP contribution in [0.2, 0.25) is 0 Å². The van der Waals surface area contributed by atoms with E-state index in [1.807, 2.05) is 36.7 Å². The maximum absolute atomic E-state index is 5.37. The molecule has 0 aliphatic carbocycles. The molecule has 0 aliphatic heterocycles. The number of aromatic nitrogens is 2. The lowest BCUT2D eigenvalue weighted by molar-refractivity contribution is 0.415. The molecule has 0 amide bonds. The van der Waals surface area contributed by atoms with Crippen LogP contribution in [0.1, 0.15) is 0 Å². The Morgan fingerprint density at radius 3 is 2.38 bits per heavy atom. The largest absolute Gasteiger partial charge is 0.497 e. The average molecular weight is 426 g/mol. The number of methoxy groups -OCH3 is 1. The fourth-order valence-electron chi connectivity index (χ4n) is 2.96. The Morgan fingerprint density at radius 2 is 1.67 bits per heavy atom. The second kappa shape index (κ2) is 6.28. The van der Waals surface area contributed by atoms with Crippen LogP contribution in [-0.2, 0) is 0 Å². The Bertz CT molecular complexity index is 992. The van der Waals surface area contributed by atoms with E-state index in [1.165, 1.54) is 14.5 Å². The van der Waals surface area contributed by atoms with Crippen molar-refractivity contribution in [1.82, 2.24) is 9.97 Å². The first-order chi connectivity index (χ1) is 11.8. The molecule has 0 unspecified atom stereocenters. The Hall–Kier alpha value is -2.34. The molecule has 118 valence electrons. The van der Waals surface area contributed by atoms with Crippen molar-refractivity contribution in [1.29, 1.82) is 0 Å². The van der Waals surface area contributed by atoms with Gasteiger partial charge in [0.2, 0.25) is 0 Å².